The monoisotopic (exact) mass is 318 g/mol. The smallest absolute Gasteiger partial charge is 0.302 e. The van der Waals surface area contributed by atoms with E-state index in [-0.39, 0.29) is 0 Å². The number of hydrogen-bond donors (Lipinski definition) is 0. The van der Waals surface area contributed by atoms with Gasteiger partial charge in [0.25, 0.3) is 0 Å². The lowest BCUT2D eigenvalue weighted by Crippen LogP contribution is -2.23. The van der Waals surface area contributed by atoms with Crippen LogP contribution in [-0.4, -0.2) is 6.29 Å². The van der Waals surface area contributed by atoms with E-state index in [2.05, 4.69) is 0 Å². The highest BCUT2D eigenvalue weighted by atomic mass is 19.4. The second kappa shape index (κ2) is 6.82. The lowest BCUT2D eigenvalue weighted by molar-refractivity contribution is -0.137. The first kappa shape index (κ1) is 17.0. The number of rotatable bonds is 5. The van der Waals surface area contributed by atoms with Crippen molar-refractivity contribution in [2.24, 2.45) is 0 Å². The molecule has 1 nitrogen and oxygen atoms in total. The third-order valence-electron chi connectivity index (χ3n) is 3.78. The molecule has 0 radical (unpaired) electrons. The number of allylic oxidation sites excluding steroid dienone is 1. The second-order valence-electron chi connectivity index (χ2n) is 5.63. The quantitative estimate of drug-likeness (QED) is 0.687. The molecule has 0 saturated carbocycles. The summed E-state index contributed by atoms with van der Waals surface area (Å²) in [6.07, 6.45) is 0.582. The maximum Gasteiger partial charge on any atom is 0.416 e. The van der Waals surface area contributed by atoms with E-state index in [1.165, 1.54) is 12.1 Å². The third kappa shape index (κ3) is 4.31. The number of benzene rings is 2. The van der Waals surface area contributed by atoms with E-state index in [9.17, 15) is 18.0 Å². The van der Waals surface area contributed by atoms with Gasteiger partial charge in [0, 0.05) is 0 Å². The van der Waals surface area contributed by atoms with Crippen molar-refractivity contribution < 1.29 is 18.0 Å². The first-order valence-corrected chi connectivity index (χ1v) is 7.21. The SMILES string of the molecule is C[C@@](C=O)(C/C=C\c1ccccc1)c1ccc(C(F)(F)F)cc1. The molecule has 2 aromatic carbocycles. The summed E-state index contributed by atoms with van der Waals surface area (Å²) in [6, 6.07) is 14.4. The summed E-state index contributed by atoms with van der Waals surface area (Å²) in [5.41, 5.74) is 0.00999. The van der Waals surface area contributed by atoms with Crippen molar-refractivity contribution in [2.45, 2.75) is 24.9 Å². The molecule has 0 aliphatic heterocycles. The van der Waals surface area contributed by atoms with Crippen LogP contribution < -0.4 is 0 Å². The van der Waals surface area contributed by atoms with Gasteiger partial charge in [-0.1, -0.05) is 54.6 Å². The normalized spacial score (nSPS) is 14.6. The van der Waals surface area contributed by atoms with Gasteiger partial charge in [0.05, 0.1) is 11.0 Å². The Hall–Kier alpha value is -2.36. The molecule has 0 N–H and O–H groups in total. The first-order chi connectivity index (χ1) is 10.8. The topological polar surface area (TPSA) is 17.1 Å². The Kier molecular flexibility index (Phi) is 5.04. The Morgan fingerprint density at radius 1 is 0.913 bits per heavy atom. The zero-order chi connectivity index (χ0) is 16.9. The van der Waals surface area contributed by atoms with Crippen LogP contribution in [-0.2, 0) is 16.4 Å². The predicted octanol–water partition coefficient (Wildman–Crippen LogP) is 5.27. The van der Waals surface area contributed by atoms with Gasteiger partial charge in [-0.25, -0.2) is 0 Å². The minimum atomic E-state index is -4.37. The molecule has 0 unspecified atom stereocenters. The Balaban J connectivity index is 2.16. The molecule has 23 heavy (non-hydrogen) atoms. The zero-order valence-corrected chi connectivity index (χ0v) is 12.7. The van der Waals surface area contributed by atoms with Crippen LogP contribution in [0.4, 0.5) is 13.2 Å². The van der Waals surface area contributed by atoms with Gasteiger partial charge in [0.2, 0.25) is 0 Å². The molecule has 0 aliphatic rings. The van der Waals surface area contributed by atoms with Gasteiger partial charge in [-0.05, 0) is 36.6 Å². The van der Waals surface area contributed by atoms with Gasteiger partial charge in [0.1, 0.15) is 6.29 Å². The maximum atomic E-state index is 12.6. The molecule has 0 amide bonds. The first-order valence-electron chi connectivity index (χ1n) is 7.21. The van der Waals surface area contributed by atoms with Crippen LogP contribution in [0.15, 0.2) is 60.7 Å². The number of halogens is 3. The summed E-state index contributed by atoms with van der Waals surface area (Å²) in [6.45, 7) is 1.72. The third-order valence-corrected chi connectivity index (χ3v) is 3.78. The van der Waals surface area contributed by atoms with Crippen LogP contribution in [0.2, 0.25) is 0 Å². The number of carbonyl (C=O) groups excluding carboxylic acids is 1. The highest BCUT2D eigenvalue weighted by Crippen LogP contribution is 2.32. The summed E-state index contributed by atoms with van der Waals surface area (Å²) >= 11 is 0. The summed E-state index contributed by atoms with van der Waals surface area (Å²) < 4.78 is 37.8. The van der Waals surface area contributed by atoms with E-state index >= 15 is 0 Å². The number of alkyl halides is 3. The number of aldehydes is 1. The lowest BCUT2D eigenvalue weighted by Gasteiger charge is -2.22. The summed E-state index contributed by atoms with van der Waals surface area (Å²) in [7, 11) is 0. The summed E-state index contributed by atoms with van der Waals surface area (Å²) in [5.74, 6) is 0. The van der Waals surface area contributed by atoms with E-state index in [4.69, 9.17) is 0 Å². The molecule has 120 valence electrons. The highest BCUT2D eigenvalue weighted by Gasteiger charge is 2.31. The van der Waals surface area contributed by atoms with Crippen molar-refractivity contribution >= 4 is 12.4 Å². The minimum absolute atomic E-state index is 0.413. The van der Waals surface area contributed by atoms with Crippen LogP contribution in [0.5, 0.6) is 0 Å². The van der Waals surface area contributed by atoms with Crippen LogP contribution >= 0.6 is 0 Å². The van der Waals surface area contributed by atoms with Crippen LogP contribution in [0.1, 0.15) is 30.0 Å². The molecule has 4 heteroatoms. The zero-order valence-electron chi connectivity index (χ0n) is 12.7. The van der Waals surface area contributed by atoms with E-state index in [0.29, 0.717) is 12.0 Å². The van der Waals surface area contributed by atoms with Crippen molar-refractivity contribution in [1.82, 2.24) is 0 Å². The van der Waals surface area contributed by atoms with E-state index in [0.717, 1.165) is 24.0 Å². The molecule has 0 aromatic heterocycles. The van der Waals surface area contributed by atoms with Crippen LogP contribution in [0.3, 0.4) is 0 Å². The fraction of sp³-hybridized carbons (Fsp3) is 0.211. The number of hydrogen-bond acceptors (Lipinski definition) is 1. The average Bonchev–Trinajstić information content (AvgIpc) is 2.55. The lowest BCUT2D eigenvalue weighted by atomic mass is 9.80. The average molecular weight is 318 g/mol. The molecule has 2 rings (SSSR count). The van der Waals surface area contributed by atoms with Crippen molar-refractivity contribution in [1.29, 1.82) is 0 Å². The van der Waals surface area contributed by atoms with Crippen molar-refractivity contribution in [3.05, 3.63) is 77.4 Å². The Labute approximate surface area is 133 Å². The van der Waals surface area contributed by atoms with E-state index in [1.54, 1.807) is 6.92 Å². The van der Waals surface area contributed by atoms with Gasteiger partial charge in [-0.2, -0.15) is 13.2 Å². The highest BCUT2D eigenvalue weighted by molar-refractivity contribution is 5.69. The fourth-order valence-electron chi connectivity index (χ4n) is 2.28. The van der Waals surface area contributed by atoms with Gasteiger partial charge in [-0.3, -0.25) is 0 Å². The summed E-state index contributed by atoms with van der Waals surface area (Å²) in [4.78, 5) is 11.5. The molecule has 0 spiro atoms. The van der Waals surface area contributed by atoms with Gasteiger partial charge in [-0.15, -0.1) is 0 Å². The van der Waals surface area contributed by atoms with E-state index < -0.39 is 17.2 Å². The Morgan fingerprint density at radius 3 is 2.00 bits per heavy atom. The van der Waals surface area contributed by atoms with Crippen molar-refractivity contribution in [3.8, 4) is 0 Å². The molecular formula is C19H17F3O. The molecule has 0 fully saturated rings. The van der Waals surface area contributed by atoms with Crippen molar-refractivity contribution in [2.75, 3.05) is 0 Å². The molecule has 0 heterocycles. The maximum absolute atomic E-state index is 12.6. The second-order valence-corrected chi connectivity index (χ2v) is 5.63. The van der Waals surface area contributed by atoms with Gasteiger partial charge >= 0.3 is 6.18 Å². The Morgan fingerprint density at radius 2 is 1.48 bits per heavy atom. The predicted molar refractivity (Wildman–Crippen MR) is 85.0 cm³/mol. The van der Waals surface area contributed by atoms with Crippen LogP contribution in [0, 0.1) is 0 Å². The summed E-state index contributed by atoms with van der Waals surface area (Å²) in [5, 5.41) is 0. The standard InChI is InChI=1S/C19H17F3O/c1-18(14-23,13-5-8-15-6-3-2-4-7-15)16-9-11-17(12-10-16)19(20,21)22/h2-12,14H,13H2,1H3/b8-5-/t18-/m0/s1. The molecule has 0 bridgehead atoms. The molecule has 2 aromatic rings. The van der Waals surface area contributed by atoms with Crippen molar-refractivity contribution in [3.63, 3.8) is 0 Å². The van der Waals surface area contributed by atoms with Crippen LogP contribution in [0.25, 0.3) is 6.08 Å². The minimum Gasteiger partial charge on any atom is -0.302 e. The van der Waals surface area contributed by atoms with Gasteiger partial charge in [0.15, 0.2) is 0 Å². The largest absolute Gasteiger partial charge is 0.416 e. The Bertz CT molecular complexity index is 672. The van der Waals surface area contributed by atoms with Gasteiger partial charge < -0.3 is 4.79 Å². The number of carbonyl (C=O) groups is 1. The molecule has 0 aliphatic carbocycles. The van der Waals surface area contributed by atoms with E-state index in [1.807, 2.05) is 42.5 Å². The molecule has 0 saturated heterocycles. The fourth-order valence-corrected chi connectivity index (χ4v) is 2.28. The molecular weight excluding hydrogens is 301 g/mol. The molecule has 1 atom stereocenters.